The number of aromatic amines is 1. The van der Waals surface area contributed by atoms with Gasteiger partial charge in [-0.1, -0.05) is 55.5 Å². The summed E-state index contributed by atoms with van der Waals surface area (Å²) in [6, 6.07) is 18.4. The van der Waals surface area contributed by atoms with Crippen LogP contribution in [0, 0.1) is 6.92 Å². The van der Waals surface area contributed by atoms with E-state index in [1.165, 1.54) is 0 Å². The molecule has 0 saturated carbocycles. The van der Waals surface area contributed by atoms with Crippen LogP contribution in [0.3, 0.4) is 0 Å². The number of nitrogens with one attached hydrogen (secondary N) is 1. The third kappa shape index (κ3) is 3.54. The molecule has 0 spiro atoms. The van der Waals surface area contributed by atoms with Crippen LogP contribution in [0.2, 0.25) is 0 Å². The van der Waals surface area contributed by atoms with Crippen molar-refractivity contribution in [2.24, 2.45) is 0 Å². The molecule has 2 N–H and O–H groups in total. The van der Waals surface area contributed by atoms with Gasteiger partial charge < -0.3 is 9.67 Å². The summed E-state index contributed by atoms with van der Waals surface area (Å²) >= 11 is 0. The molecule has 32 heavy (non-hydrogen) atoms. The first kappa shape index (κ1) is 20.0. The van der Waals surface area contributed by atoms with E-state index in [0.717, 1.165) is 51.2 Å². The number of pyridine rings is 1. The summed E-state index contributed by atoms with van der Waals surface area (Å²) in [4.78, 5) is 9.46. The average Bonchev–Trinajstić information content (AvgIpc) is 3.48. The summed E-state index contributed by atoms with van der Waals surface area (Å²) in [5, 5.41) is 23.9. The average molecular weight is 425 g/mol. The maximum Gasteiger partial charge on any atom is 0.180 e. The molecule has 0 aliphatic carbocycles. The Balaban J connectivity index is 1.51. The lowest BCUT2D eigenvalue weighted by molar-refractivity contribution is 0.277. The summed E-state index contributed by atoms with van der Waals surface area (Å²) in [7, 11) is 0. The summed E-state index contributed by atoms with van der Waals surface area (Å²) < 4.78 is 2.14. The molecule has 0 bridgehead atoms. The van der Waals surface area contributed by atoms with Crippen molar-refractivity contribution in [3.8, 4) is 22.5 Å². The van der Waals surface area contributed by atoms with E-state index < -0.39 is 0 Å². The van der Waals surface area contributed by atoms with E-state index >= 15 is 0 Å². The Bertz CT molecular complexity index is 1370. The predicted molar refractivity (Wildman–Crippen MR) is 122 cm³/mol. The number of benzene rings is 2. The predicted octanol–water partition coefficient (Wildman–Crippen LogP) is 3.69. The quantitative estimate of drug-likeness (QED) is 0.430. The Morgan fingerprint density at radius 3 is 2.47 bits per heavy atom. The second-order valence-corrected chi connectivity index (χ2v) is 7.72. The number of fused-ring (bicyclic) bond motifs is 1. The minimum Gasteiger partial charge on any atom is -0.390 e. The van der Waals surface area contributed by atoms with E-state index in [4.69, 9.17) is 4.98 Å². The summed E-state index contributed by atoms with van der Waals surface area (Å²) in [5.74, 6) is 1.63. The molecule has 0 aliphatic heterocycles. The fourth-order valence-electron chi connectivity index (χ4n) is 4.06. The van der Waals surface area contributed by atoms with Crippen molar-refractivity contribution in [1.29, 1.82) is 0 Å². The Morgan fingerprint density at radius 2 is 1.78 bits per heavy atom. The number of hydrogen-bond acceptors (Lipinski definition) is 6. The zero-order valence-electron chi connectivity index (χ0n) is 17.9. The monoisotopic (exact) mass is 425 g/mol. The molecular formula is C24H23N7O. The first-order valence-electron chi connectivity index (χ1n) is 10.6. The van der Waals surface area contributed by atoms with Crippen LogP contribution in [-0.2, 0) is 19.6 Å². The highest BCUT2D eigenvalue weighted by molar-refractivity contribution is 5.80. The Kier molecular flexibility index (Phi) is 5.20. The maximum atomic E-state index is 9.59. The molecule has 0 saturated heterocycles. The number of rotatable bonds is 6. The van der Waals surface area contributed by atoms with E-state index in [-0.39, 0.29) is 6.61 Å². The number of aliphatic hydroxyl groups is 1. The molecule has 3 heterocycles. The Labute approximate surface area is 185 Å². The zero-order chi connectivity index (χ0) is 22.1. The fraction of sp³-hybridized carbons (Fsp3) is 0.208. The van der Waals surface area contributed by atoms with Gasteiger partial charge in [0.15, 0.2) is 11.5 Å². The normalized spacial score (nSPS) is 11.3. The first-order chi connectivity index (χ1) is 15.7. The van der Waals surface area contributed by atoms with E-state index in [2.05, 4.69) is 67.4 Å². The van der Waals surface area contributed by atoms with Gasteiger partial charge in [-0.25, -0.2) is 15.1 Å². The van der Waals surface area contributed by atoms with Crippen molar-refractivity contribution in [2.75, 3.05) is 0 Å². The van der Waals surface area contributed by atoms with Gasteiger partial charge in [-0.15, -0.1) is 5.10 Å². The number of aryl methyl sites for hydroxylation is 2. The van der Waals surface area contributed by atoms with Gasteiger partial charge in [-0.05, 0) is 45.7 Å². The molecule has 0 aliphatic rings. The zero-order valence-corrected chi connectivity index (χ0v) is 17.9. The van der Waals surface area contributed by atoms with Crippen molar-refractivity contribution in [2.45, 2.75) is 33.4 Å². The van der Waals surface area contributed by atoms with Crippen molar-refractivity contribution < 1.29 is 5.11 Å². The van der Waals surface area contributed by atoms with Gasteiger partial charge in [0.2, 0.25) is 0 Å². The lowest BCUT2D eigenvalue weighted by Crippen LogP contribution is -2.06. The van der Waals surface area contributed by atoms with Crippen LogP contribution in [0.5, 0.6) is 0 Å². The number of tetrazole rings is 1. The van der Waals surface area contributed by atoms with Gasteiger partial charge in [0.05, 0.1) is 18.8 Å². The van der Waals surface area contributed by atoms with Crippen molar-refractivity contribution >= 4 is 11.2 Å². The smallest absolute Gasteiger partial charge is 0.180 e. The molecule has 3 aromatic heterocycles. The molecular weight excluding hydrogens is 402 g/mol. The van der Waals surface area contributed by atoms with Crippen molar-refractivity contribution in [3.63, 3.8) is 0 Å². The number of aromatic nitrogens is 7. The van der Waals surface area contributed by atoms with Gasteiger partial charge in [0.1, 0.15) is 11.3 Å². The molecule has 0 fully saturated rings. The fourth-order valence-corrected chi connectivity index (χ4v) is 4.06. The first-order valence-corrected chi connectivity index (χ1v) is 10.6. The summed E-state index contributed by atoms with van der Waals surface area (Å²) in [6.45, 7) is 4.68. The minimum atomic E-state index is -0.0851. The molecule has 5 aromatic rings. The molecule has 2 aromatic carbocycles. The Morgan fingerprint density at radius 1 is 1.00 bits per heavy atom. The third-order valence-corrected chi connectivity index (χ3v) is 5.64. The van der Waals surface area contributed by atoms with Gasteiger partial charge in [0.25, 0.3) is 0 Å². The second-order valence-electron chi connectivity index (χ2n) is 7.72. The highest BCUT2D eigenvalue weighted by Crippen LogP contribution is 2.30. The van der Waals surface area contributed by atoms with Crippen LogP contribution in [0.1, 0.15) is 29.6 Å². The molecule has 8 heteroatoms. The van der Waals surface area contributed by atoms with Crippen LogP contribution in [-0.4, -0.2) is 40.3 Å². The lowest BCUT2D eigenvalue weighted by Gasteiger charge is -2.11. The molecule has 0 atom stereocenters. The van der Waals surface area contributed by atoms with Crippen LogP contribution in [0.15, 0.2) is 54.6 Å². The van der Waals surface area contributed by atoms with E-state index in [1.807, 2.05) is 31.2 Å². The van der Waals surface area contributed by atoms with Crippen LogP contribution < -0.4 is 0 Å². The van der Waals surface area contributed by atoms with Crippen LogP contribution in [0.25, 0.3) is 33.7 Å². The summed E-state index contributed by atoms with van der Waals surface area (Å²) in [6.07, 6.45) is 0.806. The summed E-state index contributed by atoms with van der Waals surface area (Å²) in [5.41, 5.74) is 7.65. The highest BCUT2D eigenvalue weighted by atomic mass is 16.3. The lowest BCUT2D eigenvalue weighted by atomic mass is 9.98. The van der Waals surface area contributed by atoms with E-state index in [9.17, 15) is 5.11 Å². The SMILES string of the molecule is CCc1nc2c(C)cc(CO)nc2n1Cc1ccc(-c2ccccc2-c2nnn[nH]2)cc1. The molecule has 0 unspecified atom stereocenters. The van der Waals surface area contributed by atoms with Gasteiger partial charge in [-0.3, -0.25) is 0 Å². The van der Waals surface area contributed by atoms with Crippen LogP contribution >= 0.6 is 0 Å². The number of hydrogen-bond donors (Lipinski definition) is 2. The van der Waals surface area contributed by atoms with Gasteiger partial charge in [-0.2, -0.15) is 0 Å². The van der Waals surface area contributed by atoms with Gasteiger partial charge >= 0.3 is 0 Å². The van der Waals surface area contributed by atoms with E-state index in [0.29, 0.717) is 18.1 Å². The topological polar surface area (TPSA) is 105 Å². The third-order valence-electron chi connectivity index (χ3n) is 5.64. The largest absolute Gasteiger partial charge is 0.390 e. The molecule has 5 rings (SSSR count). The molecule has 8 nitrogen and oxygen atoms in total. The van der Waals surface area contributed by atoms with E-state index in [1.54, 1.807) is 0 Å². The Hall–Kier alpha value is -3.91. The molecule has 0 amide bonds. The minimum absolute atomic E-state index is 0.0851. The highest BCUT2D eigenvalue weighted by Gasteiger charge is 2.15. The van der Waals surface area contributed by atoms with Crippen LogP contribution in [0.4, 0.5) is 0 Å². The van der Waals surface area contributed by atoms with Crippen molar-refractivity contribution in [3.05, 3.63) is 77.2 Å². The van der Waals surface area contributed by atoms with Crippen molar-refractivity contribution in [1.82, 2.24) is 35.2 Å². The standard InChI is InChI=1S/C24H23N7O/c1-3-21-26-22-15(2)12-18(14-32)25-24(22)31(21)13-16-8-10-17(11-9-16)19-6-4-5-7-20(19)23-27-29-30-28-23/h4-12,32H,3,13-14H2,1-2H3,(H,27,28,29,30). The number of imidazole rings is 1. The second kappa shape index (κ2) is 8.32. The molecule has 0 radical (unpaired) electrons. The number of nitrogens with zero attached hydrogens (tertiary/aromatic N) is 6. The maximum absolute atomic E-state index is 9.59. The number of aliphatic hydroxyl groups excluding tert-OH is 1. The number of H-pyrrole nitrogens is 1. The van der Waals surface area contributed by atoms with Gasteiger partial charge in [0, 0.05) is 12.0 Å². The molecule has 160 valence electrons.